The van der Waals surface area contributed by atoms with Crippen LogP contribution in [0.2, 0.25) is 0 Å². The molecule has 0 N–H and O–H groups in total. The summed E-state index contributed by atoms with van der Waals surface area (Å²) < 4.78 is 0. The normalized spacial score (nSPS) is 13.0. The average molecular weight is 338 g/mol. The number of nitrogens with zero attached hydrogens (tertiary/aromatic N) is 2. The number of ketones is 1. The Morgan fingerprint density at radius 1 is 1.00 bits per heavy atom. The van der Waals surface area contributed by atoms with E-state index >= 15 is 0 Å². The highest BCUT2D eigenvalue weighted by Crippen LogP contribution is 2.27. The summed E-state index contributed by atoms with van der Waals surface area (Å²) in [7, 11) is 0. The summed E-state index contributed by atoms with van der Waals surface area (Å²) in [5.41, 5.74) is 0.542. The molecule has 0 bridgehead atoms. The van der Waals surface area contributed by atoms with Crippen LogP contribution in [-0.4, -0.2) is 34.0 Å². The van der Waals surface area contributed by atoms with E-state index < -0.39 is 16.7 Å². The lowest BCUT2D eigenvalue weighted by Crippen LogP contribution is -2.31. The third kappa shape index (κ3) is 3.16. The van der Waals surface area contributed by atoms with Gasteiger partial charge in [0.05, 0.1) is 16.1 Å². The van der Waals surface area contributed by atoms with Crippen LogP contribution in [0.3, 0.4) is 0 Å². The number of nitro benzene ring substituents is 1. The molecule has 7 heteroatoms. The van der Waals surface area contributed by atoms with E-state index in [-0.39, 0.29) is 35.6 Å². The summed E-state index contributed by atoms with van der Waals surface area (Å²) >= 11 is 0. The second kappa shape index (κ2) is 6.64. The molecule has 2 aromatic carbocycles. The van der Waals surface area contributed by atoms with Crippen molar-refractivity contribution in [2.75, 3.05) is 6.54 Å². The van der Waals surface area contributed by atoms with Crippen molar-refractivity contribution in [3.05, 3.63) is 75.3 Å². The van der Waals surface area contributed by atoms with E-state index in [1.165, 1.54) is 12.1 Å². The lowest BCUT2D eigenvalue weighted by molar-refractivity contribution is -0.384. The SMILES string of the molecule is O=C(CCCN1C(=O)c2ccc([N+](=O)[O-])cc2C1=O)c1ccccc1. The topological polar surface area (TPSA) is 97.6 Å². The zero-order chi connectivity index (χ0) is 18.0. The van der Waals surface area contributed by atoms with Crippen LogP contribution in [-0.2, 0) is 0 Å². The quantitative estimate of drug-likeness (QED) is 0.349. The predicted molar refractivity (Wildman–Crippen MR) is 88.5 cm³/mol. The highest BCUT2D eigenvalue weighted by Gasteiger charge is 2.36. The Morgan fingerprint density at radius 3 is 2.36 bits per heavy atom. The highest BCUT2D eigenvalue weighted by atomic mass is 16.6. The van der Waals surface area contributed by atoms with Crippen LogP contribution in [0.25, 0.3) is 0 Å². The summed E-state index contributed by atoms with van der Waals surface area (Å²) in [4.78, 5) is 47.9. The number of hydrogen-bond donors (Lipinski definition) is 0. The Kier molecular flexibility index (Phi) is 4.38. The monoisotopic (exact) mass is 338 g/mol. The first kappa shape index (κ1) is 16.5. The van der Waals surface area contributed by atoms with Gasteiger partial charge >= 0.3 is 0 Å². The van der Waals surface area contributed by atoms with Crippen LogP contribution >= 0.6 is 0 Å². The maximum atomic E-state index is 12.3. The molecule has 0 unspecified atom stereocenters. The molecule has 1 heterocycles. The minimum absolute atomic E-state index is 0.0357. The van der Waals surface area contributed by atoms with Gasteiger partial charge < -0.3 is 0 Å². The summed E-state index contributed by atoms with van der Waals surface area (Å²) in [6, 6.07) is 12.4. The number of Topliss-reactive ketones (excluding diaryl/α,β-unsaturated/α-hetero) is 1. The first-order valence-electron chi connectivity index (χ1n) is 7.72. The number of amides is 2. The third-order valence-corrected chi connectivity index (χ3v) is 4.05. The van der Waals surface area contributed by atoms with Gasteiger partial charge in [0.1, 0.15) is 0 Å². The van der Waals surface area contributed by atoms with Gasteiger partial charge in [-0.3, -0.25) is 29.4 Å². The van der Waals surface area contributed by atoms with Crippen LogP contribution in [0.1, 0.15) is 43.9 Å². The Balaban J connectivity index is 1.66. The zero-order valence-electron chi connectivity index (χ0n) is 13.2. The van der Waals surface area contributed by atoms with Crippen molar-refractivity contribution in [2.24, 2.45) is 0 Å². The molecule has 0 aromatic heterocycles. The van der Waals surface area contributed by atoms with Gasteiger partial charge in [-0.1, -0.05) is 30.3 Å². The lowest BCUT2D eigenvalue weighted by atomic mass is 10.1. The maximum absolute atomic E-state index is 12.3. The van der Waals surface area contributed by atoms with Crippen molar-refractivity contribution in [3.63, 3.8) is 0 Å². The van der Waals surface area contributed by atoms with E-state index in [1.54, 1.807) is 24.3 Å². The van der Waals surface area contributed by atoms with Gasteiger partial charge in [0.2, 0.25) is 0 Å². The largest absolute Gasteiger partial charge is 0.294 e. The van der Waals surface area contributed by atoms with Crippen molar-refractivity contribution in [3.8, 4) is 0 Å². The molecule has 1 aliphatic heterocycles. The Morgan fingerprint density at radius 2 is 1.68 bits per heavy atom. The molecular weight excluding hydrogens is 324 g/mol. The number of benzene rings is 2. The molecule has 0 spiro atoms. The first-order valence-corrected chi connectivity index (χ1v) is 7.72. The molecule has 0 atom stereocenters. The second-order valence-corrected chi connectivity index (χ2v) is 5.64. The fourth-order valence-corrected chi connectivity index (χ4v) is 2.76. The van der Waals surface area contributed by atoms with Gasteiger partial charge in [0.25, 0.3) is 17.5 Å². The molecule has 0 saturated carbocycles. The maximum Gasteiger partial charge on any atom is 0.270 e. The van der Waals surface area contributed by atoms with Crippen molar-refractivity contribution >= 4 is 23.3 Å². The number of non-ortho nitro benzene ring substituents is 1. The molecule has 2 aromatic rings. The summed E-state index contributed by atoms with van der Waals surface area (Å²) in [6.45, 7) is 0.0960. The Bertz CT molecular complexity index is 876. The van der Waals surface area contributed by atoms with Gasteiger partial charge in [-0.25, -0.2) is 0 Å². The average Bonchev–Trinajstić information content (AvgIpc) is 2.86. The fourth-order valence-electron chi connectivity index (χ4n) is 2.76. The number of carbonyl (C=O) groups is 3. The second-order valence-electron chi connectivity index (χ2n) is 5.64. The van der Waals surface area contributed by atoms with Crippen molar-refractivity contribution in [1.29, 1.82) is 0 Å². The summed E-state index contributed by atoms with van der Waals surface area (Å²) in [5, 5.41) is 10.8. The number of rotatable bonds is 6. The Hall–Kier alpha value is -3.35. The standard InChI is InChI=1S/C18H14N2O5/c21-16(12-5-2-1-3-6-12)7-4-10-19-17(22)14-9-8-13(20(24)25)11-15(14)18(19)23/h1-3,5-6,8-9,11H,4,7,10H2. The van der Waals surface area contributed by atoms with Gasteiger partial charge in [-0.05, 0) is 12.5 Å². The molecule has 2 amide bonds. The number of hydrogen-bond acceptors (Lipinski definition) is 5. The van der Waals surface area contributed by atoms with Gasteiger partial charge in [0.15, 0.2) is 5.78 Å². The van der Waals surface area contributed by atoms with Crippen LogP contribution in [0.5, 0.6) is 0 Å². The van der Waals surface area contributed by atoms with E-state index in [2.05, 4.69) is 0 Å². The molecule has 7 nitrogen and oxygen atoms in total. The Labute approximate surface area is 143 Å². The molecule has 3 rings (SSSR count). The van der Waals surface area contributed by atoms with E-state index in [9.17, 15) is 24.5 Å². The molecule has 1 aliphatic rings. The minimum atomic E-state index is -0.612. The number of imide groups is 1. The fraction of sp³-hybridized carbons (Fsp3) is 0.167. The summed E-state index contributed by atoms with van der Waals surface area (Å²) in [5.74, 6) is -1.11. The van der Waals surface area contributed by atoms with E-state index in [1.807, 2.05) is 6.07 Å². The molecule has 0 aliphatic carbocycles. The third-order valence-electron chi connectivity index (χ3n) is 4.05. The lowest BCUT2D eigenvalue weighted by Gasteiger charge is -2.13. The molecule has 0 saturated heterocycles. The number of fused-ring (bicyclic) bond motifs is 1. The molecule has 25 heavy (non-hydrogen) atoms. The molecule has 126 valence electrons. The van der Waals surface area contributed by atoms with Gasteiger partial charge in [-0.15, -0.1) is 0 Å². The van der Waals surface area contributed by atoms with Crippen LogP contribution in [0.4, 0.5) is 5.69 Å². The highest BCUT2D eigenvalue weighted by molar-refractivity contribution is 6.21. The molecule has 0 fully saturated rings. The summed E-state index contributed by atoms with van der Waals surface area (Å²) in [6.07, 6.45) is 0.541. The minimum Gasteiger partial charge on any atom is -0.294 e. The van der Waals surface area contributed by atoms with Gasteiger partial charge in [0, 0.05) is 30.7 Å². The van der Waals surface area contributed by atoms with Crippen LogP contribution in [0, 0.1) is 10.1 Å². The zero-order valence-corrected chi connectivity index (χ0v) is 13.2. The van der Waals surface area contributed by atoms with E-state index in [0.29, 0.717) is 12.0 Å². The molecular formula is C18H14N2O5. The number of nitro groups is 1. The van der Waals surface area contributed by atoms with Crippen molar-refractivity contribution in [1.82, 2.24) is 4.90 Å². The van der Waals surface area contributed by atoms with Crippen LogP contribution in [0.15, 0.2) is 48.5 Å². The van der Waals surface area contributed by atoms with Crippen molar-refractivity contribution < 1.29 is 19.3 Å². The predicted octanol–water partition coefficient (Wildman–Crippen LogP) is 2.85. The smallest absolute Gasteiger partial charge is 0.270 e. The van der Waals surface area contributed by atoms with Crippen LogP contribution < -0.4 is 0 Å². The first-order chi connectivity index (χ1) is 12.0. The van der Waals surface area contributed by atoms with Crippen molar-refractivity contribution in [2.45, 2.75) is 12.8 Å². The van der Waals surface area contributed by atoms with E-state index in [0.717, 1.165) is 11.0 Å². The number of carbonyl (C=O) groups excluding carboxylic acids is 3. The van der Waals surface area contributed by atoms with Gasteiger partial charge in [-0.2, -0.15) is 0 Å². The molecule has 0 radical (unpaired) electrons. The van der Waals surface area contributed by atoms with E-state index in [4.69, 9.17) is 0 Å².